The van der Waals surface area contributed by atoms with E-state index in [0.717, 1.165) is 12.0 Å². The van der Waals surface area contributed by atoms with Gasteiger partial charge in [0.05, 0.1) is 6.04 Å². The van der Waals surface area contributed by atoms with Crippen molar-refractivity contribution in [3.63, 3.8) is 0 Å². The van der Waals surface area contributed by atoms with Gasteiger partial charge < -0.3 is 25.1 Å². The van der Waals surface area contributed by atoms with E-state index in [-0.39, 0.29) is 17.4 Å². The van der Waals surface area contributed by atoms with Gasteiger partial charge in [-0.2, -0.15) is 0 Å². The lowest BCUT2D eigenvalue weighted by atomic mass is 10.1. The number of hydrogen-bond donors (Lipinski definition) is 2. The number of hydrogen-bond acceptors (Lipinski definition) is 6. The molecule has 1 fully saturated rings. The van der Waals surface area contributed by atoms with E-state index in [1.807, 2.05) is 0 Å². The third-order valence-electron chi connectivity index (χ3n) is 4.20. The van der Waals surface area contributed by atoms with Crippen LogP contribution in [0.4, 0.5) is 0 Å². The molecule has 25 heavy (non-hydrogen) atoms. The summed E-state index contributed by atoms with van der Waals surface area (Å²) in [4.78, 5) is 30.7. The molecule has 0 spiro atoms. The first-order chi connectivity index (χ1) is 12.1. The third-order valence-corrected chi connectivity index (χ3v) is 4.20. The molecule has 0 radical (unpaired) electrons. The fourth-order valence-corrected chi connectivity index (χ4v) is 2.72. The number of oxazole rings is 1. The molecule has 1 saturated heterocycles. The Morgan fingerprint density at radius 3 is 2.60 bits per heavy atom. The second-order valence-corrected chi connectivity index (χ2v) is 5.98. The first kappa shape index (κ1) is 17.0. The smallest absolute Gasteiger partial charge is 0.275 e. The van der Waals surface area contributed by atoms with Crippen LogP contribution >= 0.6 is 0 Å². The summed E-state index contributed by atoms with van der Waals surface area (Å²) >= 11 is 0. The molecule has 1 aromatic carbocycles. The van der Waals surface area contributed by atoms with Crippen molar-refractivity contribution >= 4 is 12.3 Å². The fraction of sp³-hybridized carbons (Fsp3) is 0.353. The third kappa shape index (κ3) is 3.97. The number of phenolic OH excluding ortho intramolecular Hbond substituents is 1. The van der Waals surface area contributed by atoms with Crippen LogP contribution in [0.15, 0.2) is 34.9 Å². The first-order valence-corrected chi connectivity index (χ1v) is 8.04. The molecule has 1 aromatic heterocycles. The molecule has 0 bridgehead atoms. The van der Waals surface area contributed by atoms with Crippen molar-refractivity contribution in [1.29, 1.82) is 0 Å². The molecule has 0 aliphatic carbocycles. The molecule has 8 heteroatoms. The van der Waals surface area contributed by atoms with Gasteiger partial charge >= 0.3 is 0 Å². The molecule has 132 valence electrons. The Morgan fingerprint density at radius 2 is 1.96 bits per heavy atom. The lowest BCUT2D eigenvalue weighted by molar-refractivity contribution is -0.119. The highest BCUT2D eigenvalue weighted by Crippen LogP contribution is 2.18. The minimum absolute atomic E-state index is 0.191. The number of piperazine rings is 1. The summed E-state index contributed by atoms with van der Waals surface area (Å²) in [5, 5.41) is 9.30. The Kier molecular flexibility index (Phi) is 4.99. The lowest BCUT2D eigenvalue weighted by Crippen LogP contribution is -2.48. The second-order valence-electron chi connectivity index (χ2n) is 5.98. The maximum atomic E-state index is 12.5. The highest BCUT2D eigenvalue weighted by Gasteiger charge is 2.25. The summed E-state index contributed by atoms with van der Waals surface area (Å²) < 4.78 is 5.38. The molecule has 2 heterocycles. The van der Waals surface area contributed by atoms with Crippen LogP contribution in [0.5, 0.6) is 5.75 Å². The van der Waals surface area contributed by atoms with Crippen molar-refractivity contribution in [3.05, 3.63) is 47.7 Å². The first-order valence-electron chi connectivity index (χ1n) is 8.04. The van der Waals surface area contributed by atoms with Crippen LogP contribution in [0, 0.1) is 0 Å². The number of carbonyl (C=O) groups is 2. The van der Waals surface area contributed by atoms with Gasteiger partial charge in [0, 0.05) is 26.2 Å². The van der Waals surface area contributed by atoms with Crippen molar-refractivity contribution in [2.45, 2.75) is 12.5 Å². The van der Waals surface area contributed by atoms with Crippen molar-refractivity contribution in [3.8, 4) is 5.75 Å². The van der Waals surface area contributed by atoms with Gasteiger partial charge in [-0.25, -0.2) is 4.98 Å². The molecule has 1 unspecified atom stereocenters. The van der Waals surface area contributed by atoms with Crippen LogP contribution < -0.4 is 5.73 Å². The zero-order valence-corrected chi connectivity index (χ0v) is 13.7. The van der Waals surface area contributed by atoms with Gasteiger partial charge in [-0.3, -0.25) is 9.59 Å². The molecular weight excluding hydrogens is 324 g/mol. The van der Waals surface area contributed by atoms with E-state index in [1.54, 1.807) is 34.1 Å². The maximum Gasteiger partial charge on any atom is 0.275 e. The number of rotatable bonds is 5. The molecule has 8 nitrogen and oxygen atoms in total. The highest BCUT2D eigenvalue weighted by molar-refractivity contribution is 5.92. The number of benzene rings is 1. The zero-order chi connectivity index (χ0) is 17.8. The van der Waals surface area contributed by atoms with Crippen LogP contribution in [0.2, 0.25) is 0 Å². The topological polar surface area (TPSA) is 113 Å². The Hall–Kier alpha value is -2.87. The minimum atomic E-state index is -0.488. The van der Waals surface area contributed by atoms with Gasteiger partial charge in [-0.05, 0) is 24.1 Å². The monoisotopic (exact) mass is 344 g/mol. The van der Waals surface area contributed by atoms with Crippen LogP contribution in [0.3, 0.4) is 0 Å². The summed E-state index contributed by atoms with van der Waals surface area (Å²) in [6.45, 7) is 1.97. The number of nitrogens with two attached hydrogens (primary N) is 1. The maximum absolute atomic E-state index is 12.5. The molecule has 1 aliphatic heterocycles. The average molecular weight is 344 g/mol. The van der Waals surface area contributed by atoms with E-state index in [4.69, 9.17) is 10.2 Å². The largest absolute Gasteiger partial charge is 0.508 e. The Balaban J connectivity index is 1.62. The van der Waals surface area contributed by atoms with Gasteiger partial charge in [-0.1, -0.05) is 12.1 Å². The molecule has 3 rings (SSSR count). The second kappa shape index (κ2) is 7.35. The van der Waals surface area contributed by atoms with Gasteiger partial charge in [0.25, 0.3) is 5.91 Å². The quantitative estimate of drug-likeness (QED) is 0.765. The van der Waals surface area contributed by atoms with Crippen molar-refractivity contribution < 1.29 is 19.1 Å². The lowest BCUT2D eigenvalue weighted by Gasteiger charge is -2.31. The van der Waals surface area contributed by atoms with Crippen LogP contribution in [0.25, 0.3) is 0 Å². The van der Waals surface area contributed by atoms with E-state index < -0.39 is 6.04 Å². The van der Waals surface area contributed by atoms with Gasteiger partial charge in [-0.15, -0.1) is 0 Å². The van der Waals surface area contributed by atoms with E-state index in [2.05, 4.69) is 4.98 Å². The summed E-state index contributed by atoms with van der Waals surface area (Å²) in [5.74, 6) is 0.260. The normalized spacial score (nSPS) is 15.9. The Labute approximate surface area is 144 Å². The molecule has 2 aromatic rings. The predicted molar refractivity (Wildman–Crippen MR) is 88.8 cm³/mol. The summed E-state index contributed by atoms with van der Waals surface area (Å²) in [6.07, 6.45) is 2.59. The fourth-order valence-electron chi connectivity index (χ4n) is 2.72. The highest BCUT2D eigenvalue weighted by atomic mass is 16.3. The van der Waals surface area contributed by atoms with E-state index in [9.17, 15) is 14.7 Å². The standard InChI is InChI=1S/C17H20N4O4/c18-14(9-12-1-3-13(23)4-2-12)16-19-15(10-25-16)17(24)21-7-5-20(11-22)6-8-21/h1-4,10-11,14,23H,5-9,18H2. The molecule has 1 aliphatic rings. The number of aromatic hydroxyl groups is 1. The van der Waals surface area contributed by atoms with Crippen molar-refractivity contribution in [1.82, 2.24) is 14.8 Å². The predicted octanol–water partition coefficient (Wildman–Crippen LogP) is 0.537. The van der Waals surface area contributed by atoms with E-state index >= 15 is 0 Å². The molecule has 2 amide bonds. The Bertz CT molecular complexity index is 735. The molecule has 0 saturated carbocycles. The average Bonchev–Trinajstić information content (AvgIpc) is 3.13. The molecular formula is C17H20N4O4. The van der Waals surface area contributed by atoms with Crippen LogP contribution in [-0.4, -0.2) is 58.4 Å². The molecule has 1 atom stereocenters. The van der Waals surface area contributed by atoms with Gasteiger partial charge in [0.2, 0.25) is 12.3 Å². The summed E-state index contributed by atoms with van der Waals surface area (Å²) in [7, 11) is 0. The van der Waals surface area contributed by atoms with Crippen molar-refractivity contribution in [2.75, 3.05) is 26.2 Å². The number of aromatic nitrogens is 1. The number of phenols is 1. The minimum Gasteiger partial charge on any atom is -0.508 e. The zero-order valence-electron chi connectivity index (χ0n) is 13.7. The SMILES string of the molecule is NC(Cc1ccc(O)cc1)c1nc(C(=O)N2CCN(C=O)CC2)co1. The van der Waals surface area contributed by atoms with E-state index in [0.29, 0.717) is 38.5 Å². The number of carbonyl (C=O) groups excluding carboxylic acids is 2. The van der Waals surface area contributed by atoms with E-state index in [1.165, 1.54) is 6.26 Å². The van der Waals surface area contributed by atoms with Gasteiger partial charge in [0.15, 0.2) is 5.69 Å². The summed E-state index contributed by atoms with van der Waals surface area (Å²) in [5.41, 5.74) is 7.25. The molecule has 3 N–H and O–H groups in total. The summed E-state index contributed by atoms with van der Waals surface area (Å²) in [6, 6.07) is 6.24. The van der Waals surface area contributed by atoms with Crippen LogP contribution in [-0.2, 0) is 11.2 Å². The van der Waals surface area contributed by atoms with Crippen molar-refractivity contribution in [2.24, 2.45) is 5.73 Å². The number of amides is 2. The number of nitrogens with zero attached hydrogens (tertiary/aromatic N) is 3. The Morgan fingerprint density at radius 1 is 1.28 bits per heavy atom. The van der Waals surface area contributed by atoms with Crippen LogP contribution in [0.1, 0.15) is 28.0 Å². The van der Waals surface area contributed by atoms with Gasteiger partial charge in [0.1, 0.15) is 12.0 Å².